The van der Waals surface area contributed by atoms with Crippen molar-refractivity contribution in [1.29, 1.82) is 0 Å². The van der Waals surface area contributed by atoms with E-state index in [-0.39, 0.29) is 12.5 Å². The fourth-order valence-electron chi connectivity index (χ4n) is 1.35. The lowest BCUT2D eigenvalue weighted by Crippen LogP contribution is -2.12. The van der Waals surface area contributed by atoms with E-state index in [4.69, 9.17) is 16.7 Å². The van der Waals surface area contributed by atoms with Crippen LogP contribution in [0, 0.1) is 6.92 Å². The molecular formula is C12H16ClNO2. The molecule has 0 fully saturated rings. The zero-order valence-corrected chi connectivity index (χ0v) is 10.0. The van der Waals surface area contributed by atoms with Crippen LogP contribution in [0.25, 0.3) is 0 Å². The van der Waals surface area contributed by atoms with Crippen molar-refractivity contribution in [2.45, 2.75) is 26.2 Å². The van der Waals surface area contributed by atoms with Gasteiger partial charge in [0.25, 0.3) is 0 Å². The molecule has 4 heteroatoms. The Morgan fingerprint density at radius 3 is 2.88 bits per heavy atom. The minimum Gasteiger partial charge on any atom is -0.396 e. The SMILES string of the molecule is Cc1c(Cl)cccc1NC(=O)CCCCO. The zero-order chi connectivity index (χ0) is 12.0. The highest BCUT2D eigenvalue weighted by molar-refractivity contribution is 6.31. The molecule has 0 aliphatic carbocycles. The van der Waals surface area contributed by atoms with Crippen LogP contribution in [0.4, 0.5) is 5.69 Å². The van der Waals surface area contributed by atoms with Crippen LogP contribution in [0.15, 0.2) is 18.2 Å². The molecule has 3 nitrogen and oxygen atoms in total. The Morgan fingerprint density at radius 2 is 2.19 bits per heavy atom. The molecule has 0 saturated heterocycles. The van der Waals surface area contributed by atoms with E-state index in [0.29, 0.717) is 24.3 Å². The summed E-state index contributed by atoms with van der Waals surface area (Å²) in [5.74, 6) is -0.0428. The summed E-state index contributed by atoms with van der Waals surface area (Å²) in [5, 5.41) is 12.1. The number of anilines is 1. The van der Waals surface area contributed by atoms with Gasteiger partial charge in [0.05, 0.1) is 0 Å². The number of carbonyl (C=O) groups excluding carboxylic acids is 1. The lowest BCUT2D eigenvalue weighted by atomic mass is 10.2. The minimum absolute atomic E-state index is 0.0428. The van der Waals surface area contributed by atoms with Crippen molar-refractivity contribution in [3.05, 3.63) is 28.8 Å². The molecule has 0 heterocycles. The van der Waals surface area contributed by atoms with Gasteiger partial charge >= 0.3 is 0 Å². The highest BCUT2D eigenvalue weighted by atomic mass is 35.5. The first kappa shape index (κ1) is 13.0. The smallest absolute Gasteiger partial charge is 0.224 e. The molecule has 0 unspecified atom stereocenters. The Labute approximate surface area is 100 Å². The fourth-order valence-corrected chi connectivity index (χ4v) is 1.53. The third-order valence-corrected chi connectivity index (χ3v) is 2.76. The predicted octanol–water partition coefficient (Wildman–Crippen LogP) is 2.75. The number of halogens is 1. The van der Waals surface area contributed by atoms with Gasteiger partial charge in [-0.15, -0.1) is 0 Å². The lowest BCUT2D eigenvalue weighted by Gasteiger charge is -2.09. The first-order valence-corrected chi connectivity index (χ1v) is 5.68. The molecule has 1 aromatic carbocycles. The zero-order valence-electron chi connectivity index (χ0n) is 9.29. The molecule has 0 saturated carbocycles. The number of aliphatic hydroxyl groups excluding tert-OH is 1. The van der Waals surface area contributed by atoms with E-state index in [9.17, 15) is 4.79 Å². The summed E-state index contributed by atoms with van der Waals surface area (Å²) in [5.41, 5.74) is 1.63. The molecule has 1 aromatic rings. The van der Waals surface area contributed by atoms with E-state index in [1.54, 1.807) is 12.1 Å². The van der Waals surface area contributed by atoms with Crippen LogP contribution in [-0.2, 0) is 4.79 Å². The van der Waals surface area contributed by atoms with Gasteiger partial charge in [-0.25, -0.2) is 0 Å². The maximum absolute atomic E-state index is 11.5. The number of amides is 1. The van der Waals surface area contributed by atoms with E-state index in [1.165, 1.54) is 0 Å². The maximum atomic E-state index is 11.5. The molecule has 2 N–H and O–H groups in total. The van der Waals surface area contributed by atoms with Crippen molar-refractivity contribution in [2.75, 3.05) is 11.9 Å². The molecule has 0 aliphatic rings. The second-order valence-electron chi connectivity index (χ2n) is 3.64. The minimum atomic E-state index is -0.0428. The highest BCUT2D eigenvalue weighted by Gasteiger charge is 2.06. The molecule has 88 valence electrons. The van der Waals surface area contributed by atoms with Crippen molar-refractivity contribution in [3.8, 4) is 0 Å². The largest absolute Gasteiger partial charge is 0.396 e. The standard InChI is InChI=1S/C12H16ClNO2/c1-9-10(13)5-4-6-11(9)14-12(16)7-2-3-8-15/h4-6,15H,2-3,7-8H2,1H3,(H,14,16). The van der Waals surface area contributed by atoms with Crippen molar-refractivity contribution in [2.24, 2.45) is 0 Å². The monoisotopic (exact) mass is 241 g/mol. The van der Waals surface area contributed by atoms with Gasteiger partial charge in [-0.3, -0.25) is 4.79 Å². The third kappa shape index (κ3) is 3.83. The van der Waals surface area contributed by atoms with Crippen LogP contribution in [-0.4, -0.2) is 17.6 Å². The van der Waals surface area contributed by atoms with Crippen LogP contribution in [0.2, 0.25) is 5.02 Å². The number of unbranched alkanes of at least 4 members (excludes halogenated alkanes) is 1. The summed E-state index contributed by atoms with van der Waals surface area (Å²) in [6, 6.07) is 5.42. The van der Waals surface area contributed by atoms with Crippen LogP contribution in [0.1, 0.15) is 24.8 Å². The number of carbonyl (C=O) groups is 1. The summed E-state index contributed by atoms with van der Waals surface area (Å²) < 4.78 is 0. The maximum Gasteiger partial charge on any atom is 0.224 e. The molecule has 1 amide bonds. The van der Waals surface area contributed by atoms with Crippen LogP contribution < -0.4 is 5.32 Å². The first-order valence-electron chi connectivity index (χ1n) is 5.31. The summed E-state index contributed by atoms with van der Waals surface area (Å²) in [7, 11) is 0. The molecule has 0 bridgehead atoms. The van der Waals surface area contributed by atoms with Gasteiger partial charge in [-0.1, -0.05) is 17.7 Å². The van der Waals surface area contributed by atoms with Crippen LogP contribution >= 0.6 is 11.6 Å². The highest BCUT2D eigenvalue weighted by Crippen LogP contribution is 2.23. The van der Waals surface area contributed by atoms with Crippen molar-refractivity contribution in [3.63, 3.8) is 0 Å². The van der Waals surface area contributed by atoms with Gasteiger partial charge < -0.3 is 10.4 Å². The van der Waals surface area contributed by atoms with Crippen LogP contribution in [0.3, 0.4) is 0 Å². The van der Waals surface area contributed by atoms with E-state index in [0.717, 1.165) is 11.3 Å². The summed E-state index contributed by atoms with van der Waals surface area (Å²) in [6.07, 6.45) is 1.77. The second kappa shape index (κ2) is 6.51. The molecule has 1 rings (SSSR count). The first-order chi connectivity index (χ1) is 7.65. The van der Waals surface area contributed by atoms with Gasteiger partial charge in [0.2, 0.25) is 5.91 Å². The quantitative estimate of drug-likeness (QED) is 0.779. The number of benzene rings is 1. The third-order valence-electron chi connectivity index (χ3n) is 2.35. The lowest BCUT2D eigenvalue weighted by molar-refractivity contribution is -0.116. The Kier molecular flexibility index (Phi) is 5.29. The molecule has 0 radical (unpaired) electrons. The van der Waals surface area contributed by atoms with Crippen LogP contribution in [0.5, 0.6) is 0 Å². The van der Waals surface area contributed by atoms with Crippen molar-refractivity contribution < 1.29 is 9.90 Å². The van der Waals surface area contributed by atoms with E-state index in [1.807, 2.05) is 13.0 Å². The molecular weight excluding hydrogens is 226 g/mol. The normalized spacial score (nSPS) is 10.2. The Balaban J connectivity index is 2.53. The summed E-state index contributed by atoms with van der Waals surface area (Å²) in [6.45, 7) is 2.00. The molecule has 0 atom stereocenters. The molecule has 16 heavy (non-hydrogen) atoms. The Morgan fingerprint density at radius 1 is 1.44 bits per heavy atom. The van der Waals surface area contributed by atoms with Gasteiger partial charge in [0.15, 0.2) is 0 Å². The number of hydrogen-bond acceptors (Lipinski definition) is 2. The number of rotatable bonds is 5. The number of hydrogen-bond donors (Lipinski definition) is 2. The molecule has 0 spiro atoms. The van der Waals surface area contributed by atoms with Crippen molar-refractivity contribution in [1.82, 2.24) is 0 Å². The molecule has 0 aromatic heterocycles. The average Bonchev–Trinajstić information content (AvgIpc) is 2.25. The Bertz CT molecular complexity index is 366. The average molecular weight is 242 g/mol. The van der Waals surface area contributed by atoms with Crippen molar-refractivity contribution >= 4 is 23.2 Å². The van der Waals surface area contributed by atoms with E-state index >= 15 is 0 Å². The second-order valence-corrected chi connectivity index (χ2v) is 4.05. The van der Waals surface area contributed by atoms with Gasteiger partial charge in [0, 0.05) is 23.7 Å². The summed E-state index contributed by atoms with van der Waals surface area (Å²) >= 11 is 5.94. The topological polar surface area (TPSA) is 49.3 Å². The predicted molar refractivity (Wildman–Crippen MR) is 65.8 cm³/mol. The van der Waals surface area contributed by atoms with Gasteiger partial charge in [-0.2, -0.15) is 0 Å². The molecule has 0 aliphatic heterocycles. The number of nitrogens with one attached hydrogen (secondary N) is 1. The Hall–Kier alpha value is -1.06. The van der Waals surface area contributed by atoms with Gasteiger partial charge in [0.1, 0.15) is 0 Å². The van der Waals surface area contributed by atoms with E-state index < -0.39 is 0 Å². The summed E-state index contributed by atoms with van der Waals surface area (Å²) in [4.78, 5) is 11.5. The number of aliphatic hydroxyl groups is 1. The van der Waals surface area contributed by atoms with Gasteiger partial charge in [-0.05, 0) is 37.5 Å². The van der Waals surface area contributed by atoms with E-state index in [2.05, 4.69) is 5.32 Å². The fraction of sp³-hybridized carbons (Fsp3) is 0.417.